The molecule has 0 unspecified atom stereocenters. The Balaban J connectivity index is 3.01. The summed E-state index contributed by atoms with van der Waals surface area (Å²) >= 11 is 0. The lowest BCUT2D eigenvalue weighted by atomic mass is 9.94. The van der Waals surface area contributed by atoms with Crippen LogP contribution in [0.5, 0.6) is 0 Å². The minimum Gasteiger partial charge on any atom is -0.339 e. The Hall–Kier alpha value is -1.44. The van der Waals surface area contributed by atoms with Crippen LogP contribution in [0.2, 0.25) is 0 Å². The van der Waals surface area contributed by atoms with E-state index >= 15 is 0 Å². The van der Waals surface area contributed by atoms with Crippen molar-refractivity contribution in [2.75, 3.05) is 33.2 Å². The van der Waals surface area contributed by atoms with E-state index in [9.17, 15) is 13.2 Å². The number of hydrogen-bond donors (Lipinski definition) is 1. The topological polar surface area (TPSA) is 83.7 Å². The molecule has 7 heteroatoms. The molecule has 136 valence electrons. The Morgan fingerprint density at radius 1 is 1.12 bits per heavy atom. The third-order valence-corrected chi connectivity index (χ3v) is 5.88. The minimum absolute atomic E-state index is 0.0958. The number of amides is 1. The molecule has 0 saturated heterocycles. The van der Waals surface area contributed by atoms with E-state index in [0.717, 1.165) is 0 Å². The Labute approximate surface area is 145 Å². The summed E-state index contributed by atoms with van der Waals surface area (Å²) in [5, 5.41) is 0. The molecule has 1 aromatic carbocycles. The highest BCUT2D eigenvalue weighted by atomic mass is 32.2. The highest BCUT2D eigenvalue weighted by Crippen LogP contribution is 2.21. The van der Waals surface area contributed by atoms with Gasteiger partial charge in [-0.25, -0.2) is 12.7 Å². The molecule has 0 aliphatic heterocycles. The van der Waals surface area contributed by atoms with Crippen molar-refractivity contribution in [3.8, 4) is 0 Å². The molecule has 0 aliphatic rings. The predicted octanol–water partition coefficient (Wildman–Crippen LogP) is 1.77. The molecular formula is C17H29N3O3S. The molecule has 1 amide bonds. The van der Waals surface area contributed by atoms with Crippen LogP contribution in [0.4, 0.5) is 0 Å². The van der Waals surface area contributed by atoms with Crippen molar-refractivity contribution in [1.82, 2.24) is 9.21 Å². The Kier molecular flexibility index (Phi) is 6.95. The van der Waals surface area contributed by atoms with Crippen molar-refractivity contribution in [2.24, 2.45) is 11.1 Å². The maximum absolute atomic E-state index is 12.6. The first-order valence-corrected chi connectivity index (χ1v) is 9.58. The van der Waals surface area contributed by atoms with E-state index in [1.165, 1.54) is 16.4 Å². The molecule has 0 spiro atoms. The van der Waals surface area contributed by atoms with Crippen molar-refractivity contribution in [1.29, 1.82) is 0 Å². The van der Waals surface area contributed by atoms with E-state index in [1.807, 2.05) is 27.7 Å². The van der Waals surface area contributed by atoms with Crippen LogP contribution in [-0.2, 0) is 10.0 Å². The summed E-state index contributed by atoms with van der Waals surface area (Å²) in [7, 11) is -2.06. The zero-order valence-corrected chi connectivity index (χ0v) is 16.1. The Bertz CT molecular complexity index is 650. The lowest BCUT2D eigenvalue weighted by molar-refractivity contribution is 0.0773. The SMILES string of the molecule is CCN(CC)C(=O)c1ccc(S(=O)(=O)N(C)CC(C)(C)CN)cc1. The zero-order chi connectivity index (χ0) is 18.5. The zero-order valence-electron chi connectivity index (χ0n) is 15.2. The smallest absolute Gasteiger partial charge is 0.253 e. The highest BCUT2D eigenvalue weighted by Gasteiger charge is 2.27. The fourth-order valence-electron chi connectivity index (χ4n) is 2.40. The summed E-state index contributed by atoms with van der Waals surface area (Å²) in [4.78, 5) is 14.1. The van der Waals surface area contributed by atoms with Crippen LogP contribution in [0.15, 0.2) is 29.2 Å². The standard InChI is InChI=1S/C17H29N3O3S/c1-6-20(7-2)16(21)14-8-10-15(11-9-14)24(22,23)19(5)13-17(3,4)12-18/h8-11H,6-7,12-13,18H2,1-5H3. The average molecular weight is 356 g/mol. The Morgan fingerprint density at radius 2 is 1.62 bits per heavy atom. The van der Waals surface area contributed by atoms with Crippen LogP contribution in [0.3, 0.4) is 0 Å². The van der Waals surface area contributed by atoms with Gasteiger partial charge >= 0.3 is 0 Å². The van der Waals surface area contributed by atoms with Gasteiger partial charge < -0.3 is 10.6 Å². The van der Waals surface area contributed by atoms with Gasteiger partial charge in [0.15, 0.2) is 0 Å². The first-order valence-electron chi connectivity index (χ1n) is 8.14. The number of hydrogen-bond acceptors (Lipinski definition) is 4. The first kappa shape index (κ1) is 20.6. The summed E-state index contributed by atoms with van der Waals surface area (Å²) in [5.41, 5.74) is 5.86. The van der Waals surface area contributed by atoms with Gasteiger partial charge in [-0.05, 0) is 50.1 Å². The van der Waals surface area contributed by atoms with Crippen LogP contribution in [-0.4, -0.2) is 56.8 Å². The molecule has 0 atom stereocenters. The fourth-order valence-corrected chi connectivity index (χ4v) is 3.75. The largest absolute Gasteiger partial charge is 0.339 e. The molecule has 1 aromatic rings. The van der Waals surface area contributed by atoms with Gasteiger partial charge in [0.2, 0.25) is 10.0 Å². The van der Waals surface area contributed by atoms with Crippen molar-refractivity contribution in [2.45, 2.75) is 32.6 Å². The van der Waals surface area contributed by atoms with Gasteiger partial charge in [-0.15, -0.1) is 0 Å². The van der Waals surface area contributed by atoms with Crippen molar-refractivity contribution in [3.63, 3.8) is 0 Å². The lowest BCUT2D eigenvalue weighted by Gasteiger charge is -2.28. The molecule has 0 bridgehead atoms. The monoisotopic (exact) mass is 355 g/mol. The van der Waals surface area contributed by atoms with E-state index in [4.69, 9.17) is 5.73 Å². The average Bonchev–Trinajstić information content (AvgIpc) is 2.55. The molecule has 0 saturated carbocycles. The second-order valence-electron chi connectivity index (χ2n) is 6.63. The second-order valence-corrected chi connectivity index (χ2v) is 8.68. The summed E-state index contributed by atoms with van der Waals surface area (Å²) in [5.74, 6) is -0.0958. The van der Waals surface area contributed by atoms with E-state index < -0.39 is 10.0 Å². The van der Waals surface area contributed by atoms with Crippen LogP contribution in [0.25, 0.3) is 0 Å². The number of rotatable bonds is 8. The summed E-state index contributed by atoms with van der Waals surface area (Å²) < 4.78 is 26.6. The quantitative estimate of drug-likeness (QED) is 0.770. The number of nitrogens with two attached hydrogens (primary N) is 1. The normalized spacial score (nSPS) is 12.5. The van der Waals surface area contributed by atoms with E-state index in [1.54, 1.807) is 24.1 Å². The fraction of sp³-hybridized carbons (Fsp3) is 0.588. The predicted molar refractivity (Wildman–Crippen MR) is 96.3 cm³/mol. The maximum Gasteiger partial charge on any atom is 0.253 e. The first-order chi connectivity index (χ1) is 11.1. The molecule has 1 rings (SSSR count). The van der Waals surface area contributed by atoms with Crippen LogP contribution < -0.4 is 5.73 Å². The minimum atomic E-state index is -3.60. The van der Waals surface area contributed by atoms with Gasteiger partial charge in [0, 0.05) is 32.2 Å². The van der Waals surface area contributed by atoms with Gasteiger partial charge in [0.25, 0.3) is 5.91 Å². The summed E-state index contributed by atoms with van der Waals surface area (Å²) in [6, 6.07) is 6.10. The van der Waals surface area contributed by atoms with Gasteiger partial charge in [-0.2, -0.15) is 0 Å². The molecule has 0 heterocycles. The van der Waals surface area contributed by atoms with E-state index in [2.05, 4.69) is 0 Å². The molecule has 0 aliphatic carbocycles. The van der Waals surface area contributed by atoms with Crippen LogP contribution in [0, 0.1) is 5.41 Å². The van der Waals surface area contributed by atoms with Crippen LogP contribution >= 0.6 is 0 Å². The van der Waals surface area contributed by atoms with Crippen molar-refractivity contribution >= 4 is 15.9 Å². The molecule has 0 aromatic heterocycles. The molecule has 6 nitrogen and oxygen atoms in total. The maximum atomic E-state index is 12.6. The van der Waals surface area contributed by atoms with Gasteiger partial charge in [-0.3, -0.25) is 4.79 Å². The summed E-state index contributed by atoms with van der Waals surface area (Å²) in [6.07, 6.45) is 0. The molecule has 2 N–H and O–H groups in total. The molecular weight excluding hydrogens is 326 g/mol. The van der Waals surface area contributed by atoms with Gasteiger partial charge in [-0.1, -0.05) is 13.8 Å². The number of nitrogens with zero attached hydrogens (tertiary/aromatic N) is 2. The Morgan fingerprint density at radius 3 is 2.04 bits per heavy atom. The second kappa shape index (κ2) is 8.09. The third kappa shape index (κ3) is 4.78. The van der Waals surface area contributed by atoms with Crippen molar-refractivity contribution in [3.05, 3.63) is 29.8 Å². The van der Waals surface area contributed by atoms with E-state index in [-0.39, 0.29) is 16.2 Å². The molecule has 24 heavy (non-hydrogen) atoms. The number of sulfonamides is 1. The summed E-state index contributed by atoms with van der Waals surface area (Å²) in [6.45, 7) is 9.62. The van der Waals surface area contributed by atoms with Crippen molar-refractivity contribution < 1.29 is 13.2 Å². The number of carbonyl (C=O) groups is 1. The third-order valence-electron chi connectivity index (χ3n) is 4.06. The highest BCUT2D eigenvalue weighted by molar-refractivity contribution is 7.89. The molecule has 0 radical (unpaired) electrons. The number of carbonyl (C=O) groups excluding carboxylic acids is 1. The van der Waals surface area contributed by atoms with E-state index in [0.29, 0.717) is 31.7 Å². The van der Waals surface area contributed by atoms with Gasteiger partial charge in [0.1, 0.15) is 0 Å². The number of benzene rings is 1. The van der Waals surface area contributed by atoms with Gasteiger partial charge in [0.05, 0.1) is 4.90 Å². The van der Waals surface area contributed by atoms with Crippen LogP contribution in [0.1, 0.15) is 38.1 Å². The molecule has 0 fully saturated rings. The lowest BCUT2D eigenvalue weighted by Crippen LogP contribution is -2.39.